The fraction of sp³-hybridized carbons (Fsp3) is 0.450. The van der Waals surface area contributed by atoms with Gasteiger partial charge < -0.3 is 9.47 Å². The van der Waals surface area contributed by atoms with Crippen LogP contribution >= 0.6 is 11.3 Å². The van der Waals surface area contributed by atoms with E-state index in [1.165, 1.54) is 30.6 Å². The first-order valence-corrected chi connectivity index (χ1v) is 10.2. The van der Waals surface area contributed by atoms with Crippen molar-refractivity contribution in [2.24, 2.45) is 5.10 Å². The number of rotatable bonds is 12. The van der Waals surface area contributed by atoms with Crippen molar-refractivity contribution in [1.82, 2.24) is 4.98 Å². The Morgan fingerprint density at radius 3 is 2.93 bits per heavy atom. The highest BCUT2D eigenvalue weighted by Gasteiger charge is 2.08. The van der Waals surface area contributed by atoms with E-state index in [4.69, 9.17) is 9.47 Å². The molecular weight excluding hydrogens is 362 g/mol. The molecule has 0 atom stereocenters. The molecule has 146 valence electrons. The van der Waals surface area contributed by atoms with Gasteiger partial charge in [0.25, 0.3) is 0 Å². The maximum absolute atomic E-state index is 11.5. The first kappa shape index (κ1) is 20.9. The third kappa shape index (κ3) is 7.78. The van der Waals surface area contributed by atoms with E-state index in [-0.39, 0.29) is 12.4 Å². The number of hydrogen-bond donors (Lipinski definition) is 1. The lowest BCUT2D eigenvalue weighted by atomic mass is 10.2. The molecule has 1 heterocycles. The number of hydrogen-bond acceptors (Lipinski definition) is 7. The molecule has 6 nitrogen and oxygen atoms in total. The van der Waals surface area contributed by atoms with E-state index in [0.29, 0.717) is 24.0 Å². The minimum Gasteiger partial charge on any atom is -0.493 e. The number of nitrogens with one attached hydrogen (secondary N) is 1. The highest BCUT2D eigenvalue weighted by Crippen LogP contribution is 2.18. The maximum atomic E-state index is 11.5. The zero-order valence-corrected chi connectivity index (χ0v) is 16.8. The number of thiazole rings is 1. The summed E-state index contributed by atoms with van der Waals surface area (Å²) in [5.74, 6) is 0.546. The lowest BCUT2D eigenvalue weighted by molar-refractivity contribution is -0.142. The van der Waals surface area contributed by atoms with Gasteiger partial charge in [-0.2, -0.15) is 5.10 Å². The number of hydrazone groups is 1. The number of carbonyl (C=O) groups excluding carboxylic acids is 1. The predicted octanol–water partition coefficient (Wildman–Crippen LogP) is 4.65. The summed E-state index contributed by atoms with van der Waals surface area (Å²) in [4.78, 5) is 15.8. The monoisotopic (exact) mass is 389 g/mol. The van der Waals surface area contributed by atoms with Crippen LogP contribution in [0.5, 0.6) is 5.75 Å². The number of anilines is 1. The van der Waals surface area contributed by atoms with Gasteiger partial charge in [0.2, 0.25) is 5.13 Å². The summed E-state index contributed by atoms with van der Waals surface area (Å²) >= 11 is 1.40. The van der Waals surface area contributed by atoms with Crippen molar-refractivity contribution in [3.63, 3.8) is 0 Å². The summed E-state index contributed by atoms with van der Waals surface area (Å²) in [6.45, 7) is 5.07. The van der Waals surface area contributed by atoms with Gasteiger partial charge in [-0.05, 0) is 25.5 Å². The van der Waals surface area contributed by atoms with Gasteiger partial charge in [0.15, 0.2) is 0 Å². The number of benzene rings is 1. The van der Waals surface area contributed by atoms with E-state index >= 15 is 0 Å². The van der Waals surface area contributed by atoms with E-state index in [9.17, 15) is 4.79 Å². The highest BCUT2D eigenvalue weighted by atomic mass is 32.1. The molecule has 0 bridgehead atoms. The molecule has 0 aliphatic rings. The zero-order valence-electron chi connectivity index (χ0n) is 15.9. The Kier molecular flexibility index (Phi) is 9.34. The number of nitrogens with zero attached hydrogens (tertiary/aromatic N) is 2. The maximum Gasteiger partial charge on any atom is 0.311 e. The van der Waals surface area contributed by atoms with Gasteiger partial charge in [0.05, 0.1) is 31.5 Å². The second-order valence-corrected chi connectivity index (χ2v) is 6.80. The first-order chi connectivity index (χ1) is 13.2. The van der Waals surface area contributed by atoms with Crippen LogP contribution in [0.3, 0.4) is 0 Å². The second kappa shape index (κ2) is 12.1. The summed E-state index contributed by atoms with van der Waals surface area (Å²) in [5.41, 5.74) is 4.48. The smallest absolute Gasteiger partial charge is 0.311 e. The molecule has 0 unspecified atom stereocenters. The normalized spacial score (nSPS) is 10.9. The molecule has 1 N–H and O–H groups in total. The van der Waals surface area contributed by atoms with Crippen molar-refractivity contribution in [1.29, 1.82) is 0 Å². The van der Waals surface area contributed by atoms with E-state index in [0.717, 1.165) is 17.7 Å². The number of unbranched alkanes of at least 4 members (excludes halogenated alkanes) is 3. The van der Waals surface area contributed by atoms with Gasteiger partial charge >= 0.3 is 5.97 Å². The van der Waals surface area contributed by atoms with E-state index in [1.807, 2.05) is 29.6 Å². The number of esters is 1. The van der Waals surface area contributed by atoms with Gasteiger partial charge in [-0.1, -0.05) is 38.3 Å². The molecule has 27 heavy (non-hydrogen) atoms. The van der Waals surface area contributed by atoms with Crippen LogP contribution in [-0.2, 0) is 16.0 Å². The van der Waals surface area contributed by atoms with Gasteiger partial charge in [-0.3, -0.25) is 10.2 Å². The van der Waals surface area contributed by atoms with Gasteiger partial charge in [0, 0.05) is 10.9 Å². The summed E-state index contributed by atoms with van der Waals surface area (Å²) in [7, 11) is 0. The largest absolute Gasteiger partial charge is 0.493 e. The molecule has 0 spiro atoms. The Balaban J connectivity index is 1.85. The number of ether oxygens (including phenoxy) is 2. The second-order valence-electron chi connectivity index (χ2n) is 5.94. The molecule has 2 aromatic rings. The molecule has 0 saturated carbocycles. The molecule has 2 rings (SSSR count). The summed E-state index contributed by atoms with van der Waals surface area (Å²) in [5, 5.41) is 6.69. The highest BCUT2D eigenvalue weighted by molar-refractivity contribution is 7.13. The Bertz CT molecular complexity index is 731. The Morgan fingerprint density at radius 1 is 1.26 bits per heavy atom. The zero-order chi connectivity index (χ0) is 19.3. The average molecular weight is 390 g/mol. The topological polar surface area (TPSA) is 72.8 Å². The van der Waals surface area contributed by atoms with Crippen LogP contribution in [-0.4, -0.2) is 30.4 Å². The average Bonchev–Trinajstić information content (AvgIpc) is 3.10. The molecule has 0 aliphatic heterocycles. The molecular formula is C20H27N3O3S. The van der Waals surface area contributed by atoms with E-state index < -0.39 is 0 Å². The number of carbonyl (C=O) groups is 1. The van der Waals surface area contributed by atoms with Crippen molar-refractivity contribution < 1.29 is 14.3 Å². The Morgan fingerprint density at radius 2 is 2.11 bits per heavy atom. The standard InChI is InChI=1S/C20H27N3O3S/c1-3-5-6-9-12-26-18-11-8-7-10-16(18)14-21-23-20-22-17(15-27-20)13-19(24)25-4-2/h7-8,10-11,14-15H,3-6,9,12-13H2,1-2H3,(H,22,23). The van der Waals surface area contributed by atoms with Crippen LogP contribution < -0.4 is 10.2 Å². The minimum absolute atomic E-state index is 0.171. The van der Waals surface area contributed by atoms with Gasteiger partial charge in [-0.25, -0.2) is 4.98 Å². The molecule has 0 radical (unpaired) electrons. The molecule has 0 aliphatic carbocycles. The summed E-state index contributed by atoms with van der Waals surface area (Å²) < 4.78 is 10.8. The van der Waals surface area contributed by atoms with Crippen LogP contribution in [0.25, 0.3) is 0 Å². The molecule has 0 fully saturated rings. The molecule has 7 heteroatoms. The van der Waals surface area contributed by atoms with E-state index in [1.54, 1.807) is 13.1 Å². The third-order valence-corrected chi connectivity index (χ3v) is 4.52. The van der Waals surface area contributed by atoms with Crippen molar-refractivity contribution >= 4 is 28.7 Å². The van der Waals surface area contributed by atoms with Crippen LogP contribution in [0.1, 0.15) is 50.8 Å². The Labute approximate surface area is 164 Å². The van der Waals surface area contributed by atoms with E-state index in [2.05, 4.69) is 22.4 Å². The lowest BCUT2D eigenvalue weighted by Crippen LogP contribution is -2.07. The van der Waals surface area contributed by atoms with Crippen LogP contribution in [0.4, 0.5) is 5.13 Å². The summed E-state index contributed by atoms with van der Waals surface area (Å²) in [6.07, 6.45) is 6.58. The first-order valence-electron chi connectivity index (χ1n) is 9.33. The van der Waals surface area contributed by atoms with Gasteiger partial charge in [-0.15, -0.1) is 11.3 Å². The fourth-order valence-electron chi connectivity index (χ4n) is 2.39. The SMILES string of the molecule is CCCCCCOc1ccccc1C=NNc1nc(CC(=O)OCC)cs1. The van der Waals surface area contributed by atoms with Crippen LogP contribution in [0, 0.1) is 0 Å². The predicted molar refractivity (Wildman–Crippen MR) is 110 cm³/mol. The van der Waals surface area contributed by atoms with Crippen LogP contribution in [0.2, 0.25) is 0 Å². The van der Waals surface area contributed by atoms with Crippen molar-refractivity contribution in [2.45, 2.75) is 46.0 Å². The quantitative estimate of drug-likeness (QED) is 0.247. The van der Waals surface area contributed by atoms with Crippen LogP contribution in [0.15, 0.2) is 34.7 Å². The third-order valence-electron chi connectivity index (χ3n) is 3.72. The number of para-hydroxylation sites is 1. The molecule has 1 aromatic carbocycles. The van der Waals surface area contributed by atoms with Crippen molar-refractivity contribution in [3.8, 4) is 5.75 Å². The fourth-order valence-corrected chi connectivity index (χ4v) is 3.05. The minimum atomic E-state index is -0.275. The summed E-state index contributed by atoms with van der Waals surface area (Å²) in [6, 6.07) is 7.81. The molecule has 1 aromatic heterocycles. The Hall–Kier alpha value is -2.41. The van der Waals surface area contributed by atoms with Crippen molar-refractivity contribution in [3.05, 3.63) is 40.9 Å². The lowest BCUT2D eigenvalue weighted by Gasteiger charge is -2.08. The molecule has 0 saturated heterocycles. The number of aromatic nitrogens is 1. The molecule has 0 amide bonds. The van der Waals surface area contributed by atoms with Crippen molar-refractivity contribution in [2.75, 3.05) is 18.6 Å². The van der Waals surface area contributed by atoms with Gasteiger partial charge in [0.1, 0.15) is 5.75 Å².